The number of carbonyl (C=O) groups excluding carboxylic acids is 1. The average Bonchev–Trinajstić information content (AvgIpc) is 2.52. The smallest absolute Gasteiger partial charge is 0.326 e. The Bertz CT molecular complexity index is 736. The van der Waals surface area contributed by atoms with E-state index in [9.17, 15) is 23.1 Å². The van der Waals surface area contributed by atoms with Crippen molar-refractivity contribution in [2.45, 2.75) is 43.7 Å². The predicted octanol–water partition coefficient (Wildman–Crippen LogP) is 1.33. The molecule has 1 unspecified atom stereocenters. The number of hydrogen-bond donors (Lipinski definition) is 2. The van der Waals surface area contributed by atoms with Crippen LogP contribution in [-0.2, 0) is 19.6 Å². The van der Waals surface area contributed by atoms with Gasteiger partial charge >= 0.3 is 5.97 Å². The molecule has 0 heterocycles. The summed E-state index contributed by atoms with van der Waals surface area (Å²) in [7, 11) is -0.771. The lowest BCUT2D eigenvalue weighted by Crippen LogP contribution is -2.42. The third-order valence-electron chi connectivity index (χ3n) is 3.44. The first-order valence-corrected chi connectivity index (χ1v) is 9.49. The SMILES string of the molecule is CN(C)S(=O)(=O)c1ccc(C(=O)NC(CCOC(C)(C)C)C(=O)O)cc1. The van der Waals surface area contributed by atoms with Gasteiger partial charge in [0.05, 0.1) is 10.5 Å². The molecule has 8 nitrogen and oxygen atoms in total. The average molecular weight is 386 g/mol. The maximum atomic E-state index is 12.2. The number of carboxylic acids is 1. The fraction of sp³-hybridized carbons (Fsp3) is 0.529. The molecular formula is C17H26N2O6S. The standard InChI is InChI=1S/C17H26N2O6S/c1-17(2,3)25-11-10-14(16(21)22)18-15(20)12-6-8-13(9-7-12)26(23,24)19(4)5/h6-9,14H,10-11H2,1-5H3,(H,18,20)(H,21,22). The van der Waals surface area contributed by atoms with E-state index in [2.05, 4.69) is 5.32 Å². The summed E-state index contributed by atoms with van der Waals surface area (Å²) in [6.07, 6.45) is 0.117. The summed E-state index contributed by atoms with van der Waals surface area (Å²) in [5, 5.41) is 11.7. The molecule has 146 valence electrons. The molecule has 0 aliphatic heterocycles. The highest BCUT2D eigenvalue weighted by Gasteiger charge is 2.23. The normalized spacial score (nSPS) is 13.5. The number of rotatable bonds is 8. The van der Waals surface area contributed by atoms with Crippen molar-refractivity contribution in [3.8, 4) is 0 Å². The van der Waals surface area contributed by atoms with Crippen LogP contribution >= 0.6 is 0 Å². The molecule has 0 radical (unpaired) electrons. The van der Waals surface area contributed by atoms with Crippen LogP contribution in [-0.4, -0.2) is 62.1 Å². The largest absolute Gasteiger partial charge is 0.480 e. The summed E-state index contributed by atoms with van der Waals surface area (Å²) in [6, 6.07) is 4.20. The zero-order valence-electron chi connectivity index (χ0n) is 15.6. The third kappa shape index (κ3) is 6.40. The van der Waals surface area contributed by atoms with E-state index in [0.717, 1.165) is 4.31 Å². The molecule has 26 heavy (non-hydrogen) atoms. The fourth-order valence-corrected chi connectivity index (χ4v) is 2.87. The molecule has 1 rings (SSSR count). The molecule has 2 N–H and O–H groups in total. The van der Waals surface area contributed by atoms with E-state index in [1.807, 2.05) is 20.8 Å². The van der Waals surface area contributed by atoms with E-state index >= 15 is 0 Å². The first kappa shape index (κ1) is 22.1. The van der Waals surface area contributed by atoms with Crippen molar-refractivity contribution in [3.63, 3.8) is 0 Å². The van der Waals surface area contributed by atoms with Gasteiger partial charge in [0.1, 0.15) is 6.04 Å². The molecule has 0 aromatic heterocycles. The molecule has 0 bridgehead atoms. The second-order valence-corrected chi connectivity index (χ2v) is 9.08. The van der Waals surface area contributed by atoms with Gasteiger partial charge in [0.25, 0.3) is 5.91 Å². The first-order valence-electron chi connectivity index (χ1n) is 8.05. The molecule has 0 spiro atoms. The van der Waals surface area contributed by atoms with Gasteiger partial charge in [-0.15, -0.1) is 0 Å². The Morgan fingerprint density at radius 3 is 2.15 bits per heavy atom. The van der Waals surface area contributed by atoms with E-state index in [1.165, 1.54) is 38.4 Å². The lowest BCUT2D eigenvalue weighted by Gasteiger charge is -2.21. The zero-order valence-corrected chi connectivity index (χ0v) is 16.5. The second-order valence-electron chi connectivity index (χ2n) is 6.93. The zero-order chi connectivity index (χ0) is 20.1. The fourth-order valence-electron chi connectivity index (χ4n) is 1.97. The summed E-state index contributed by atoms with van der Waals surface area (Å²) >= 11 is 0. The second kappa shape index (κ2) is 8.61. The van der Waals surface area contributed by atoms with Crippen LogP contribution in [0.25, 0.3) is 0 Å². The van der Waals surface area contributed by atoms with Gasteiger partial charge < -0.3 is 15.2 Å². The topological polar surface area (TPSA) is 113 Å². The molecule has 0 saturated heterocycles. The number of amides is 1. The number of sulfonamides is 1. The number of nitrogens with one attached hydrogen (secondary N) is 1. The Balaban J connectivity index is 2.80. The predicted molar refractivity (Wildman–Crippen MR) is 96.5 cm³/mol. The molecule has 9 heteroatoms. The molecule has 0 fully saturated rings. The maximum absolute atomic E-state index is 12.2. The maximum Gasteiger partial charge on any atom is 0.326 e. The minimum absolute atomic E-state index is 0.0485. The minimum Gasteiger partial charge on any atom is -0.480 e. The molecule has 0 saturated carbocycles. The lowest BCUT2D eigenvalue weighted by atomic mass is 10.1. The van der Waals surface area contributed by atoms with Gasteiger partial charge in [0.2, 0.25) is 10.0 Å². The Kier molecular flexibility index (Phi) is 7.31. The van der Waals surface area contributed by atoms with Crippen molar-refractivity contribution in [1.29, 1.82) is 0 Å². The summed E-state index contributed by atoms with van der Waals surface area (Å²) in [6.45, 7) is 5.74. The van der Waals surface area contributed by atoms with Crippen molar-refractivity contribution in [2.24, 2.45) is 0 Å². The molecule has 1 aromatic rings. The van der Waals surface area contributed by atoms with Crippen molar-refractivity contribution in [2.75, 3.05) is 20.7 Å². The van der Waals surface area contributed by atoms with E-state index < -0.39 is 33.5 Å². The van der Waals surface area contributed by atoms with E-state index in [0.29, 0.717) is 0 Å². The van der Waals surface area contributed by atoms with Crippen LogP contribution in [0.1, 0.15) is 37.6 Å². The molecule has 1 amide bonds. The number of nitrogens with zero attached hydrogens (tertiary/aromatic N) is 1. The summed E-state index contributed by atoms with van der Waals surface area (Å²) in [5.74, 6) is -1.76. The first-order chi connectivity index (χ1) is 11.8. The highest BCUT2D eigenvalue weighted by atomic mass is 32.2. The van der Waals surface area contributed by atoms with E-state index in [1.54, 1.807) is 0 Å². The van der Waals surface area contributed by atoms with Crippen LogP contribution in [0.2, 0.25) is 0 Å². The van der Waals surface area contributed by atoms with Crippen molar-refractivity contribution in [1.82, 2.24) is 9.62 Å². The third-order valence-corrected chi connectivity index (χ3v) is 5.27. The van der Waals surface area contributed by atoms with Gasteiger partial charge in [-0.2, -0.15) is 0 Å². The Morgan fingerprint density at radius 1 is 1.19 bits per heavy atom. The van der Waals surface area contributed by atoms with Gasteiger partial charge in [-0.25, -0.2) is 17.5 Å². The van der Waals surface area contributed by atoms with Gasteiger partial charge in [-0.3, -0.25) is 4.79 Å². The Hall–Kier alpha value is -1.97. The molecule has 0 aliphatic rings. The van der Waals surface area contributed by atoms with Gasteiger partial charge in [-0.1, -0.05) is 0 Å². The van der Waals surface area contributed by atoms with Crippen molar-refractivity contribution < 1.29 is 27.9 Å². The van der Waals surface area contributed by atoms with E-state index in [4.69, 9.17) is 4.74 Å². The van der Waals surface area contributed by atoms with E-state index in [-0.39, 0.29) is 23.5 Å². The van der Waals surface area contributed by atoms with Crippen LogP contribution in [0.15, 0.2) is 29.2 Å². The summed E-state index contributed by atoms with van der Waals surface area (Å²) in [4.78, 5) is 23.6. The summed E-state index contributed by atoms with van der Waals surface area (Å²) in [5.41, 5.74) is -0.230. The monoisotopic (exact) mass is 386 g/mol. The molecule has 1 aromatic carbocycles. The number of aliphatic carboxylic acids is 1. The van der Waals surface area contributed by atoms with Crippen LogP contribution in [0.4, 0.5) is 0 Å². The van der Waals surface area contributed by atoms with Crippen LogP contribution in [0, 0.1) is 0 Å². The number of carbonyl (C=O) groups is 2. The van der Waals surface area contributed by atoms with Gasteiger partial charge in [0.15, 0.2) is 0 Å². The molecular weight excluding hydrogens is 360 g/mol. The van der Waals surface area contributed by atoms with Gasteiger partial charge in [-0.05, 0) is 45.0 Å². The number of benzene rings is 1. The quantitative estimate of drug-likeness (QED) is 0.697. The highest BCUT2D eigenvalue weighted by Crippen LogP contribution is 2.14. The summed E-state index contributed by atoms with van der Waals surface area (Å²) < 4.78 is 30.6. The Labute approximate surface area is 154 Å². The van der Waals surface area contributed by atoms with Crippen LogP contribution in [0.3, 0.4) is 0 Å². The number of hydrogen-bond acceptors (Lipinski definition) is 5. The van der Waals surface area contributed by atoms with Crippen molar-refractivity contribution in [3.05, 3.63) is 29.8 Å². The Morgan fingerprint density at radius 2 is 1.73 bits per heavy atom. The minimum atomic E-state index is -3.59. The van der Waals surface area contributed by atoms with Crippen LogP contribution < -0.4 is 5.32 Å². The van der Waals surface area contributed by atoms with Crippen molar-refractivity contribution >= 4 is 21.9 Å². The molecule has 0 aliphatic carbocycles. The number of ether oxygens (including phenoxy) is 1. The van der Waals surface area contributed by atoms with Gasteiger partial charge in [0, 0.05) is 32.7 Å². The number of carboxylic acid groups (broad SMARTS) is 1. The highest BCUT2D eigenvalue weighted by molar-refractivity contribution is 7.89. The van der Waals surface area contributed by atoms with Crippen LogP contribution in [0.5, 0.6) is 0 Å². The lowest BCUT2D eigenvalue weighted by molar-refractivity contribution is -0.140. The molecule has 1 atom stereocenters.